The second-order valence-electron chi connectivity index (χ2n) is 6.22. The summed E-state index contributed by atoms with van der Waals surface area (Å²) in [6.07, 6.45) is 0. The highest BCUT2D eigenvalue weighted by Crippen LogP contribution is 2.32. The quantitative estimate of drug-likeness (QED) is 0.570. The van der Waals surface area contributed by atoms with Crippen LogP contribution < -0.4 is 4.90 Å². The molecule has 0 spiro atoms. The minimum Gasteiger partial charge on any atom is -0.302 e. The first-order valence-corrected chi connectivity index (χ1v) is 9.80. The molecule has 28 heavy (non-hydrogen) atoms. The van der Waals surface area contributed by atoms with Gasteiger partial charge in [0, 0.05) is 24.7 Å². The van der Waals surface area contributed by atoms with Gasteiger partial charge in [-0.15, -0.1) is 0 Å². The van der Waals surface area contributed by atoms with Crippen LogP contribution in [0.4, 0.5) is 18.3 Å². The lowest BCUT2D eigenvalue weighted by Gasteiger charge is -2.24. The summed E-state index contributed by atoms with van der Waals surface area (Å²) in [6.45, 7) is 6.49. The highest BCUT2D eigenvalue weighted by atomic mass is 32.1. The third-order valence-electron chi connectivity index (χ3n) is 4.48. The maximum Gasteiger partial charge on any atom is 0.260 e. The van der Waals surface area contributed by atoms with Crippen molar-refractivity contribution in [2.75, 3.05) is 31.1 Å². The summed E-state index contributed by atoms with van der Waals surface area (Å²) in [5.41, 5.74) is 0.187. The van der Waals surface area contributed by atoms with E-state index >= 15 is 0 Å². The average molecular weight is 407 g/mol. The molecule has 0 aliphatic heterocycles. The Morgan fingerprint density at radius 3 is 2.46 bits per heavy atom. The fourth-order valence-corrected chi connectivity index (χ4v) is 3.93. The van der Waals surface area contributed by atoms with Crippen molar-refractivity contribution in [3.63, 3.8) is 0 Å². The first kappa shape index (κ1) is 20.3. The molecule has 0 N–H and O–H groups in total. The Labute approximate surface area is 165 Å². The van der Waals surface area contributed by atoms with Crippen LogP contribution in [0.25, 0.3) is 10.2 Å². The number of likely N-dealkylation sites (N-methyl/N-ethyl adjacent to an activating group) is 1. The summed E-state index contributed by atoms with van der Waals surface area (Å²) < 4.78 is 41.5. The lowest BCUT2D eigenvalue weighted by Crippen LogP contribution is -2.38. The van der Waals surface area contributed by atoms with Crippen LogP contribution in [0.15, 0.2) is 36.4 Å². The monoisotopic (exact) mass is 407 g/mol. The van der Waals surface area contributed by atoms with Crippen LogP contribution in [0.3, 0.4) is 0 Å². The molecule has 0 atom stereocenters. The molecule has 1 heterocycles. The van der Waals surface area contributed by atoms with Crippen LogP contribution >= 0.6 is 11.3 Å². The average Bonchev–Trinajstić information content (AvgIpc) is 3.09. The van der Waals surface area contributed by atoms with E-state index in [9.17, 15) is 18.0 Å². The molecular formula is C20H20F3N3OS. The van der Waals surface area contributed by atoms with Gasteiger partial charge >= 0.3 is 0 Å². The molecule has 4 nitrogen and oxygen atoms in total. The van der Waals surface area contributed by atoms with Crippen molar-refractivity contribution in [3.8, 4) is 0 Å². The van der Waals surface area contributed by atoms with E-state index in [4.69, 9.17) is 0 Å². The van der Waals surface area contributed by atoms with E-state index in [1.54, 1.807) is 0 Å². The minimum absolute atomic E-state index is 0.0151. The molecule has 0 fully saturated rings. The number of anilines is 1. The van der Waals surface area contributed by atoms with Gasteiger partial charge in [-0.2, -0.15) is 0 Å². The standard InChI is InChI=1S/C20H20F3N3OS/c1-3-25(4-2)8-9-26(19(27)13-6-5-7-14(21)10-13)20-24-18-16(23)11-15(22)12-17(18)28-20/h5-7,10-12H,3-4,8-9H2,1-2H3. The zero-order chi connectivity index (χ0) is 20.3. The van der Waals surface area contributed by atoms with Crippen molar-refractivity contribution < 1.29 is 18.0 Å². The van der Waals surface area contributed by atoms with Gasteiger partial charge < -0.3 is 4.90 Å². The van der Waals surface area contributed by atoms with Gasteiger partial charge in [0.15, 0.2) is 10.9 Å². The predicted octanol–water partition coefficient (Wildman–Crippen LogP) is 4.70. The van der Waals surface area contributed by atoms with Crippen molar-refractivity contribution in [2.45, 2.75) is 13.8 Å². The van der Waals surface area contributed by atoms with Gasteiger partial charge in [0.2, 0.25) is 0 Å². The van der Waals surface area contributed by atoms with Gasteiger partial charge in [0.05, 0.1) is 4.70 Å². The smallest absolute Gasteiger partial charge is 0.260 e. The number of carbonyl (C=O) groups excluding carboxylic acids is 1. The number of rotatable bonds is 7. The third kappa shape index (κ3) is 4.34. The first-order valence-electron chi connectivity index (χ1n) is 8.98. The van der Waals surface area contributed by atoms with Gasteiger partial charge in [-0.3, -0.25) is 9.69 Å². The highest BCUT2D eigenvalue weighted by Gasteiger charge is 2.23. The molecule has 2 aromatic carbocycles. The third-order valence-corrected chi connectivity index (χ3v) is 5.51. The summed E-state index contributed by atoms with van der Waals surface area (Å²) in [6, 6.07) is 7.34. The van der Waals surface area contributed by atoms with E-state index in [2.05, 4.69) is 9.88 Å². The molecular weight excluding hydrogens is 387 g/mol. The Kier molecular flexibility index (Phi) is 6.31. The maximum atomic E-state index is 14.1. The number of benzene rings is 2. The Hall–Kier alpha value is -2.45. The lowest BCUT2D eigenvalue weighted by atomic mass is 10.2. The fourth-order valence-electron chi connectivity index (χ4n) is 2.90. The summed E-state index contributed by atoms with van der Waals surface area (Å²) >= 11 is 1.03. The molecule has 3 rings (SSSR count). The van der Waals surface area contributed by atoms with Crippen LogP contribution in [0.1, 0.15) is 24.2 Å². The number of carbonyl (C=O) groups is 1. The van der Waals surface area contributed by atoms with Gasteiger partial charge in [0.1, 0.15) is 17.2 Å². The number of aromatic nitrogens is 1. The van der Waals surface area contributed by atoms with Crippen molar-refractivity contribution in [1.29, 1.82) is 0 Å². The molecule has 1 amide bonds. The number of hydrogen-bond acceptors (Lipinski definition) is 4. The fraction of sp³-hybridized carbons (Fsp3) is 0.300. The van der Waals surface area contributed by atoms with Crippen molar-refractivity contribution in [3.05, 3.63) is 59.4 Å². The number of halogens is 3. The highest BCUT2D eigenvalue weighted by molar-refractivity contribution is 7.22. The number of thiazole rings is 1. The molecule has 0 aliphatic rings. The summed E-state index contributed by atoms with van der Waals surface area (Å²) in [5, 5.41) is 0.251. The van der Waals surface area contributed by atoms with Crippen molar-refractivity contribution >= 4 is 32.6 Å². The molecule has 1 aromatic heterocycles. The Morgan fingerprint density at radius 2 is 1.79 bits per heavy atom. The molecule has 0 radical (unpaired) electrons. The van der Waals surface area contributed by atoms with Crippen LogP contribution in [-0.4, -0.2) is 42.0 Å². The van der Waals surface area contributed by atoms with E-state index in [1.807, 2.05) is 13.8 Å². The maximum absolute atomic E-state index is 14.1. The summed E-state index contributed by atoms with van der Waals surface area (Å²) in [4.78, 5) is 20.8. The van der Waals surface area contributed by atoms with Crippen LogP contribution in [0.2, 0.25) is 0 Å². The molecule has 0 bridgehead atoms. The van der Waals surface area contributed by atoms with Crippen molar-refractivity contribution in [1.82, 2.24) is 9.88 Å². The Morgan fingerprint density at radius 1 is 1.04 bits per heavy atom. The topological polar surface area (TPSA) is 36.4 Å². The molecule has 148 valence electrons. The van der Waals surface area contributed by atoms with Gasteiger partial charge in [0.25, 0.3) is 5.91 Å². The predicted molar refractivity (Wildman–Crippen MR) is 105 cm³/mol. The zero-order valence-corrected chi connectivity index (χ0v) is 16.4. The summed E-state index contributed by atoms with van der Waals surface area (Å²) in [5.74, 6) is -2.44. The second kappa shape index (κ2) is 8.70. The molecule has 0 aliphatic carbocycles. The largest absolute Gasteiger partial charge is 0.302 e. The van der Waals surface area contributed by atoms with Crippen molar-refractivity contribution in [2.24, 2.45) is 0 Å². The van der Waals surface area contributed by atoms with E-state index < -0.39 is 23.4 Å². The molecule has 0 unspecified atom stereocenters. The zero-order valence-electron chi connectivity index (χ0n) is 15.6. The van der Waals surface area contributed by atoms with Gasteiger partial charge in [-0.1, -0.05) is 31.3 Å². The van der Waals surface area contributed by atoms with E-state index in [1.165, 1.54) is 29.2 Å². The molecule has 3 aromatic rings. The normalized spacial score (nSPS) is 11.4. The molecule has 8 heteroatoms. The molecule has 0 saturated carbocycles. The minimum atomic E-state index is -0.778. The number of amides is 1. The Bertz CT molecular complexity index is 988. The van der Waals surface area contributed by atoms with Gasteiger partial charge in [-0.25, -0.2) is 18.2 Å². The lowest BCUT2D eigenvalue weighted by molar-refractivity contribution is 0.0983. The van der Waals surface area contributed by atoms with E-state index in [0.29, 0.717) is 17.8 Å². The number of fused-ring (bicyclic) bond motifs is 1. The second-order valence-corrected chi connectivity index (χ2v) is 7.23. The molecule has 0 saturated heterocycles. The van der Waals surface area contributed by atoms with E-state index in [0.717, 1.165) is 36.6 Å². The number of hydrogen-bond donors (Lipinski definition) is 0. The van der Waals surface area contributed by atoms with Crippen LogP contribution in [-0.2, 0) is 0 Å². The Balaban J connectivity index is 2.00. The summed E-state index contributed by atoms with van der Waals surface area (Å²) in [7, 11) is 0. The first-order chi connectivity index (χ1) is 13.4. The van der Waals surface area contributed by atoms with E-state index in [-0.39, 0.29) is 16.2 Å². The van der Waals surface area contributed by atoms with Crippen LogP contribution in [0, 0.1) is 17.5 Å². The SMILES string of the molecule is CCN(CC)CCN(C(=O)c1cccc(F)c1)c1nc2c(F)cc(F)cc2s1. The van der Waals surface area contributed by atoms with Gasteiger partial charge in [-0.05, 0) is 37.4 Å². The number of nitrogens with zero attached hydrogens (tertiary/aromatic N) is 3. The van der Waals surface area contributed by atoms with Crippen LogP contribution in [0.5, 0.6) is 0 Å².